The predicted molar refractivity (Wildman–Crippen MR) is 36.0 cm³/mol. The summed E-state index contributed by atoms with van der Waals surface area (Å²) in [5, 5.41) is 8.22. The Hall–Kier alpha value is -1.62. The van der Waals surface area contributed by atoms with Crippen molar-refractivity contribution in [3.05, 3.63) is 24.0 Å². The van der Waals surface area contributed by atoms with Gasteiger partial charge < -0.3 is 10.6 Å². The minimum Gasteiger partial charge on any atom is -0.365 e. The quantitative estimate of drug-likeness (QED) is 0.465. The molecule has 1 aromatic heterocycles. The first-order valence-corrected chi connectivity index (χ1v) is 2.81. The van der Waals surface area contributed by atoms with E-state index in [4.69, 9.17) is 11.0 Å². The highest BCUT2D eigenvalue weighted by Crippen LogP contribution is 2.13. The standard InChI is InChI=1S/C6H6N2O3/c7-6(9)4-1-2-8-3-5(4)11-10/h1-3,10H,(H2,7,9). The van der Waals surface area contributed by atoms with E-state index in [0.717, 1.165) is 0 Å². The van der Waals surface area contributed by atoms with Gasteiger partial charge in [0.25, 0.3) is 5.91 Å². The second-order valence-corrected chi connectivity index (χ2v) is 1.83. The molecule has 0 unspecified atom stereocenters. The lowest BCUT2D eigenvalue weighted by atomic mass is 10.2. The van der Waals surface area contributed by atoms with Gasteiger partial charge in [0.2, 0.25) is 0 Å². The number of nitrogens with two attached hydrogens (primary N) is 1. The van der Waals surface area contributed by atoms with Gasteiger partial charge in [0, 0.05) is 6.20 Å². The third-order valence-electron chi connectivity index (χ3n) is 1.15. The van der Waals surface area contributed by atoms with Crippen molar-refractivity contribution in [3.8, 4) is 5.75 Å². The summed E-state index contributed by atoms with van der Waals surface area (Å²) in [6.45, 7) is 0. The van der Waals surface area contributed by atoms with Crippen LogP contribution in [0.3, 0.4) is 0 Å². The van der Waals surface area contributed by atoms with Crippen molar-refractivity contribution in [2.75, 3.05) is 0 Å². The molecule has 0 saturated carbocycles. The smallest absolute Gasteiger partial charge is 0.252 e. The van der Waals surface area contributed by atoms with Crippen molar-refractivity contribution in [2.24, 2.45) is 5.73 Å². The third kappa shape index (κ3) is 1.44. The van der Waals surface area contributed by atoms with E-state index in [2.05, 4.69) is 9.87 Å². The zero-order valence-corrected chi connectivity index (χ0v) is 5.52. The number of carbonyl (C=O) groups excluding carboxylic acids is 1. The molecule has 0 atom stereocenters. The molecule has 0 aliphatic carbocycles. The number of aromatic nitrogens is 1. The monoisotopic (exact) mass is 154 g/mol. The molecule has 0 spiro atoms. The topological polar surface area (TPSA) is 85.4 Å². The fourth-order valence-corrected chi connectivity index (χ4v) is 0.656. The number of pyridine rings is 1. The van der Waals surface area contributed by atoms with Crippen LogP contribution in [-0.4, -0.2) is 16.1 Å². The minimum absolute atomic E-state index is 0.0417. The van der Waals surface area contributed by atoms with Gasteiger partial charge in [-0.15, -0.1) is 0 Å². The lowest BCUT2D eigenvalue weighted by Gasteiger charge is -1.99. The van der Waals surface area contributed by atoms with Gasteiger partial charge in [-0.25, -0.2) is 5.26 Å². The van der Waals surface area contributed by atoms with Crippen LogP contribution in [0, 0.1) is 0 Å². The van der Waals surface area contributed by atoms with Crippen molar-refractivity contribution in [3.63, 3.8) is 0 Å². The molecule has 0 bridgehead atoms. The summed E-state index contributed by atoms with van der Waals surface area (Å²) in [6.07, 6.45) is 2.57. The Morgan fingerprint density at radius 2 is 2.45 bits per heavy atom. The van der Waals surface area contributed by atoms with E-state index in [9.17, 15) is 4.79 Å². The Kier molecular flexibility index (Phi) is 2.03. The van der Waals surface area contributed by atoms with Crippen molar-refractivity contribution < 1.29 is 14.9 Å². The molecule has 0 radical (unpaired) electrons. The maximum atomic E-state index is 10.6. The first kappa shape index (κ1) is 7.49. The molecule has 1 aromatic rings. The molecule has 0 aliphatic heterocycles. The molecule has 58 valence electrons. The zero-order valence-electron chi connectivity index (χ0n) is 5.52. The molecule has 0 saturated heterocycles. The summed E-state index contributed by atoms with van der Waals surface area (Å²) in [5.41, 5.74) is 5.03. The zero-order chi connectivity index (χ0) is 8.27. The molecular formula is C6H6N2O3. The van der Waals surface area contributed by atoms with E-state index in [1.165, 1.54) is 18.5 Å². The maximum Gasteiger partial charge on any atom is 0.252 e. The van der Waals surface area contributed by atoms with E-state index in [1.807, 2.05) is 0 Å². The van der Waals surface area contributed by atoms with Crippen LogP contribution in [0.15, 0.2) is 18.5 Å². The summed E-state index contributed by atoms with van der Waals surface area (Å²) in [5.74, 6) is -0.712. The number of hydrogen-bond donors (Lipinski definition) is 2. The van der Waals surface area contributed by atoms with E-state index < -0.39 is 5.91 Å². The van der Waals surface area contributed by atoms with Crippen molar-refractivity contribution in [2.45, 2.75) is 0 Å². The summed E-state index contributed by atoms with van der Waals surface area (Å²) >= 11 is 0. The highest BCUT2D eigenvalue weighted by atomic mass is 17.1. The third-order valence-corrected chi connectivity index (χ3v) is 1.15. The normalized spacial score (nSPS) is 9.18. The van der Waals surface area contributed by atoms with Gasteiger partial charge in [-0.2, -0.15) is 0 Å². The van der Waals surface area contributed by atoms with Gasteiger partial charge in [-0.05, 0) is 6.07 Å². The number of rotatable bonds is 2. The van der Waals surface area contributed by atoms with Gasteiger partial charge in [-0.3, -0.25) is 9.78 Å². The maximum absolute atomic E-state index is 10.6. The highest BCUT2D eigenvalue weighted by Gasteiger charge is 2.07. The van der Waals surface area contributed by atoms with Crippen LogP contribution in [-0.2, 0) is 0 Å². The first-order chi connectivity index (χ1) is 5.25. The van der Waals surface area contributed by atoms with Gasteiger partial charge in [0.15, 0.2) is 5.75 Å². The van der Waals surface area contributed by atoms with Crippen molar-refractivity contribution in [1.82, 2.24) is 4.98 Å². The van der Waals surface area contributed by atoms with E-state index >= 15 is 0 Å². The Labute approximate surface area is 62.4 Å². The Morgan fingerprint density at radius 3 is 2.91 bits per heavy atom. The van der Waals surface area contributed by atoms with Crippen LogP contribution < -0.4 is 10.6 Å². The number of amides is 1. The van der Waals surface area contributed by atoms with E-state index in [-0.39, 0.29) is 11.3 Å². The Balaban J connectivity index is 3.12. The van der Waals surface area contributed by atoms with Gasteiger partial charge >= 0.3 is 0 Å². The number of carbonyl (C=O) groups is 1. The summed E-state index contributed by atoms with van der Waals surface area (Å²) in [6, 6.07) is 1.36. The molecule has 5 nitrogen and oxygen atoms in total. The van der Waals surface area contributed by atoms with Crippen LogP contribution in [0.1, 0.15) is 10.4 Å². The van der Waals surface area contributed by atoms with Gasteiger partial charge in [0.1, 0.15) is 0 Å². The molecule has 1 amide bonds. The Bertz CT molecular complexity index is 274. The van der Waals surface area contributed by atoms with E-state index in [0.29, 0.717) is 0 Å². The van der Waals surface area contributed by atoms with Gasteiger partial charge in [-0.1, -0.05) is 0 Å². The number of primary amides is 1. The molecule has 0 aromatic carbocycles. The highest BCUT2D eigenvalue weighted by molar-refractivity contribution is 5.95. The van der Waals surface area contributed by atoms with Crippen molar-refractivity contribution >= 4 is 5.91 Å². The predicted octanol–water partition coefficient (Wildman–Crippen LogP) is 0.0323. The second-order valence-electron chi connectivity index (χ2n) is 1.83. The fourth-order valence-electron chi connectivity index (χ4n) is 0.656. The van der Waals surface area contributed by atoms with Crippen LogP contribution in [0.2, 0.25) is 0 Å². The molecule has 0 aliphatic rings. The molecule has 1 heterocycles. The van der Waals surface area contributed by atoms with Crippen LogP contribution in [0.5, 0.6) is 5.75 Å². The molecule has 5 heteroatoms. The average Bonchev–Trinajstić information content (AvgIpc) is 2.04. The molecular weight excluding hydrogens is 148 g/mol. The second kappa shape index (κ2) is 2.98. The van der Waals surface area contributed by atoms with Crippen LogP contribution in [0.25, 0.3) is 0 Å². The number of nitrogens with zero attached hydrogens (tertiary/aromatic N) is 1. The average molecular weight is 154 g/mol. The lowest BCUT2D eigenvalue weighted by molar-refractivity contribution is -0.138. The fraction of sp³-hybridized carbons (Fsp3) is 0. The van der Waals surface area contributed by atoms with Gasteiger partial charge in [0.05, 0.1) is 11.8 Å². The number of hydrogen-bond acceptors (Lipinski definition) is 4. The summed E-state index contributed by atoms with van der Waals surface area (Å²) in [4.78, 5) is 18.0. The summed E-state index contributed by atoms with van der Waals surface area (Å²) < 4.78 is 0. The largest absolute Gasteiger partial charge is 0.365 e. The summed E-state index contributed by atoms with van der Waals surface area (Å²) in [7, 11) is 0. The molecule has 11 heavy (non-hydrogen) atoms. The van der Waals surface area contributed by atoms with E-state index in [1.54, 1.807) is 0 Å². The lowest BCUT2D eigenvalue weighted by Crippen LogP contribution is -2.12. The minimum atomic E-state index is -0.670. The molecule has 3 N–H and O–H groups in total. The van der Waals surface area contributed by atoms with Crippen LogP contribution in [0.4, 0.5) is 0 Å². The van der Waals surface area contributed by atoms with Crippen LogP contribution >= 0.6 is 0 Å². The SMILES string of the molecule is NC(=O)c1ccncc1OO. The molecule has 1 rings (SSSR count). The van der Waals surface area contributed by atoms with Crippen molar-refractivity contribution in [1.29, 1.82) is 0 Å². The Morgan fingerprint density at radius 1 is 1.73 bits per heavy atom. The first-order valence-electron chi connectivity index (χ1n) is 2.81. The molecule has 0 fully saturated rings.